The third kappa shape index (κ3) is 2.87. The lowest BCUT2D eigenvalue weighted by Crippen LogP contribution is -2.86. The molecule has 1 fully saturated rings. The summed E-state index contributed by atoms with van der Waals surface area (Å²) in [5, 5.41) is 8.43. The molecule has 5 nitrogen and oxygen atoms in total. The second-order valence-corrected chi connectivity index (χ2v) is 5.33. The lowest BCUT2D eigenvalue weighted by Gasteiger charge is -2.53. The first-order valence-corrected chi connectivity index (χ1v) is 6.41. The molecule has 0 aromatic carbocycles. The van der Waals surface area contributed by atoms with Crippen LogP contribution in [0.15, 0.2) is 0 Å². The van der Waals surface area contributed by atoms with Gasteiger partial charge in [-0.2, -0.15) is 61.5 Å². The average molecular weight is 466 g/mol. The van der Waals surface area contributed by atoms with Gasteiger partial charge in [0.1, 0.15) is 6.54 Å². The number of hydrogen-bond acceptors (Lipinski definition) is 3. The number of amides is 1. The van der Waals surface area contributed by atoms with Crippen molar-refractivity contribution in [2.24, 2.45) is 0 Å². The number of piperidine rings is 1. The number of carboxylic acids is 1. The van der Waals surface area contributed by atoms with E-state index in [0.29, 0.717) is 5.32 Å². The van der Waals surface area contributed by atoms with Gasteiger partial charge >= 0.3 is 47.8 Å². The average Bonchev–Trinajstić information content (AvgIpc) is 2.49. The first-order chi connectivity index (χ1) is 12.5. The van der Waals surface area contributed by atoms with Crippen molar-refractivity contribution in [3.8, 4) is 0 Å². The number of carbonyl (C=O) groups is 2. The van der Waals surface area contributed by atoms with E-state index in [9.17, 15) is 71.1 Å². The highest BCUT2D eigenvalue weighted by Gasteiger charge is 2.99. The maximum absolute atomic E-state index is 13.7. The highest BCUT2D eigenvalue weighted by atomic mass is 19.4. The molecule has 1 amide bonds. The van der Waals surface area contributed by atoms with Crippen LogP contribution >= 0.6 is 0 Å². The Morgan fingerprint density at radius 3 is 1.41 bits per heavy atom. The maximum Gasteiger partial charge on any atom is 0.401 e. The lowest BCUT2D eigenvalue weighted by molar-refractivity contribution is -0.544. The standard InChI is InChI=1S/C10H4F14N2O3/c11-4(12,3(29)25-1-2(27)28)8(19,20)26-9(21,22)6(15,16)5(13,14)7(17,18)10(26,23)24/h1H2,(H,25,29)(H,27,28). The molecule has 170 valence electrons. The minimum atomic E-state index is -7.78. The number of nitrogens with one attached hydrogen (secondary N) is 1. The Hall–Kier alpha value is -2.08. The molecule has 1 saturated heterocycles. The van der Waals surface area contributed by atoms with Gasteiger partial charge in [0.15, 0.2) is 0 Å². The van der Waals surface area contributed by atoms with Crippen LogP contribution in [0.2, 0.25) is 0 Å². The van der Waals surface area contributed by atoms with Crippen LogP contribution in [-0.4, -0.2) is 70.3 Å². The smallest absolute Gasteiger partial charge is 0.401 e. The summed E-state index contributed by atoms with van der Waals surface area (Å²) in [6.45, 7) is -1.97. The maximum atomic E-state index is 13.7. The first kappa shape index (κ1) is 25.0. The Balaban J connectivity index is 3.71. The molecular weight excluding hydrogens is 462 g/mol. The highest BCUT2D eigenvalue weighted by Crippen LogP contribution is 2.67. The minimum Gasteiger partial charge on any atom is -0.480 e. The SMILES string of the molecule is O=C(O)CNC(=O)C(F)(F)C(F)(F)N1C(F)(F)C(F)(F)C(F)(F)C(F)(F)C1(F)F. The highest BCUT2D eigenvalue weighted by molar-refractivity contribution is 5.87. The molecule has 0 bridgehead atoms. The second-order valence-electron chi connectivity index (χ2n) is 5.33. The fourth-order valence-corrected chi connectivity index (χ4v) is 1.93. The Bertz CT molecular complexity index is 676. The van der Waals surface area contributed by atoms with Crippen molar-refractivity contribution in [3.63, 3.8) is 0 Å². The fourth-order valence-electron chi connectivity index (χ4n) is 1.93. The fraction of sp³-hybridized carbons (Fsp3) is 0.800. The number of hydrogen-bond donors (Lipinski definition) is 2. The summed E-state index contributed by atoms with van der Waals surface area (Å²) in [5.41, 5.74) is 0. The monoisotopic (exact) mass is 466 g/mol. The third-order valence-electron chi connectivity index (χ3n) is 3.45. The molecule has 29 heavy (non-hydrogen) atoms. The summed E-state index contributed by atoms with van der Waals surface area (Å²) in [6, 6.07) is -23.2. The molecular formula is C10H4F14N2O3. The van der Waals surface area contributed by atoms with Crippen molar-refractivity contribution >= 4 is 11.9 Å². The Labute approximate surface area is 148 Å². The van der Waals surface area contributed by atoms with E-state index in [1.165, 1.54) is 0 Å². The number of carbonyl (C=O) groups excluding carboxylic acids is 1. The van der Waals surface area contributed by atoms with Crippen LogP contribution in [0.1, 0.15) is 0 Å². The molecule has 0 aromatic rings. The third-order valence-corrected chi connectivity index (χ3v) is 3.45. The lowest BCUT2D eigenvalue weighted by atomic mass is 9.92. The topological polar surface area (TPSA) is 69.6 Å². The van der Waals surface area contributed by atoms with E-state index in [2.05, 4.69) is 0 Å². The van der Waals surface area contributed by atoms with E-state index in [4.69, 9.17) is 5.11 Å². The number of alkyl halides is 14. The van der Waals surface area contributed by atoms with Crippen LogP contribution in [-0.2, 0) is 9.59 Å². The molecule has 2 N–H and O–H groups in total. The molecule has 0 unspecified atom stereocenters. The number of nitrogens with zero attached hydrogens (tertiary/aromatic N) is 1. The van der Waals surface area contributed by atoms with Gasteiger partial charge in [-0.25, -0.2) is 0 Å². The summed E-state index contributed by atoms with van der Waals surface area (Å²) in [5.74, 6) is -36.2. The zero-order valence-corrected chi connectivity index (χ0v) is 12.7. The molecule has 0 radical (unpaired) electrons. The van der Waals surface area contributed by atoms with Crippen molar-refractivity contribution in [2.75, 3.05) is 6.54 Å². The number of carboxylic acid groups (broad SMARTS) is 1. The van der Waals surface area contributed by atoms with E-state index < -0.39 is 65.2 Å². The zero-order valence-electron chi connectivity index (χ0n) is 12.7. The van der Waals surface area contributed by atoms with Gasteiger partial charge in [-0.3, -0.25) is 9.59 Å². The molecule has 1 rings (SSSR count). The summed E-state index contributed by atoms with van der Waals surface area (Å²) >= 11 is 0. The number of likely N-dealkylation sites (tertiary alicyclic amines) is 1. The van der Waals surface area contributed by atoms with Gasteiger partial charge in [-0.05, 0) is 0 Å². The molecule has 1 aliphatic rings. The van der Waals surface area contributed by atoms with E-state index >= 15 is 0 Å². The van der Waals surface area contributed by atoms with Crippen LogP contribution in [0.3, 0.4) is 0 Å². The van der Waals surface area contributed by atoms with Crippen LogP contribution in [0.5, 0.6) is 0 Å². The molecule has 0 atom stereocenters. The van der Waals surface area contributed by atoms with Crippen molar-refractivity contribution in [2.45, 2.75) is 41.8 Å². The first-order valence-electron chi connectivity index (χ1n) is 6.41. The summed E-state index contributed by atoms with van der Waals surface area (Å²) in [6.07, 6.45) is 0. The quantitative estimate of drug-likeness (QED) is 0.484. The Morgan fingerprint density at radius 1 is 0.759 bits per heavy atom. The van der Waals surface area contributed by atoms with Crippen molar-refractivity contribution in [3.05, 3.63) is 0 Å². The van der Waals surface area contributed by atoms with Crippen molar-refractivity contribution < 1.29 is 76.2 Å². The van der Waals surface area contributed by atoms with Gasteiger partial charge in [0.25, 0.3) is 5.91 Å². The normalized spacial score (nSPS) is 25.3. The molecule has 0 spiro atoms. The summed E-state index contributed by atoms with van der Waals surface area (Å²) < 4.78 is 186. The number of halogens is 14. The van der Waals surface area contributed by atoms with Gasteiger partial charge in [0.05, 0.1) is 0 Å². The van der Waals surface area contributed by atoms with Crippen LogP contribution in [0.4, 0.5) is 61.5 Å². The number of rotatable bonds is 5. The van der Waals surface area contributed by atoms with Crippen molar-refractivity contribution in [1.82, 2.24) is 10.2 Å². The zero-order chi connectivity index (χ0) is 23.6. The summed E-state index contributed by atoms with van der Waals surface area (Å²) in [4.78, 5) is 16.7. The predicted molar refractivity (Wildman–Crippen MR) is 57.1 cm³/mol. The van der Waals surface area contributed by atoms with E-state index in [1.807, 2.05) is 0 Å². The van der Waals surface area contributed by atoms with Gasteiger partial charge in [0, 0.05) is 0 Å². The molecule has 19 heteroatoms. The van der Waals surface area contributed by atoms with Gasteiger partial charge < -0.3 is 10.4 Å². The molecule has 0 saturated carbocycles. The molecule has 1 aliphatic heterocycles. The van der Waals surface area contributed by atoms with Gasteiger partial charge in [0.2, 0.25) is 0 Å². The molecule has 1 heterocycles. The molecule has 0 aromatic heterocycles. The summed E-state index contributed by atoms with van der Waals surface area (Å²) in [7, 11) is 0. The van der Waals surface area contributed by atoms with Crippen LogP contribution < -0.4 is 5.32 Å². The molecule has 0 aliphatic carbocycles. The van der Waals surface area contributed by atoms with E-state index in [-0.39, 0.29) is 0 Å². The predicted octanol–water partition coefficient (Wildman–Crippen LogP) is 2.82. The van der Waals surface area contributed by atoms with Gasteiger partial charge in [-0.1, -0.05) is 0 Å². The second kappa shape index (κ2) is 6.21. The largest absolute Gasteiger partial charge is 0.480 e. The van der Waals surface area contributed by atoms with E-state index in [0.717, 1.165) is 0 Å². The van der Waals surface area contributed by atoms with Crippen LogP contribution in [0, 0.1) is 0 Å². The Morgan fingerprint density at radius 2 is 1.10 bits per heavy atom. The van der Waals surface area contributed by atoms with E-state index in [1.54, 1.807) is 0 Å². The van der Waals surface area contributed by atoms with Crippen LogP contribution in [0.25, 0.3) is 0 Å². The number of aliphatic carboxylic acids is 1. The minimum absolute atomic E-state index is 0.372. The Kier molecular flexibility index (Phi) is 5.34. The van der Waals surface area contributed by atoms with Gasteiger partial charge in [-0.15, -0.1) is 4.90 Å². The van der Waals surface area contributed by atoms with Crippen molar-refractivity contribution in [1.29, 1.82) is 0 Å².